The number of fused-ring (bicyclic) bond motifs is 1. The molecule has 24 heavy (non-hydrogen) atoms. The van der Waals surface area contributed by atoms with Crippen molar-refractivity contribution in [1.29, 1.82) is 0 Å². The zero-order valence-electron chi connectivity index (χ0n) is 12.9. The minimum atomic E-state index is -0.212. The Morgan fingerprint density at radius 1 is 1.38 bits per heavy atom. The molecule has 0 aliphatic heterocycles. The predicted molar refractivity (Wildman–Crippen MR) is 93.9 cm³/mol. The van der Waals surface area contributed by atoms with E-state index in [0.29, 0.717) is 27.9 Å². The standard InChI is InChI=1S/C16H15ClN4O2S/c1-9(22)16-19-8-13(24-16)15(23)18-6-2-3-14-20-11-5-4-10(17)7-12(11)21-14/h4-5,7-8H,2-3,6H2,1H3,(H,18,23)(H,20,21). The molecule has 3 aromatic rings. The summed E-state index contributed by atoms with van der Waals surface area (Å²) in [4.78, 5) is 35.2. The van der Waals surface area contributed by atoms with Crippen LogP contribution in [0.2, 0.25) is 5.02 Å². The van der Waals surface area contributed by atoms with Crippen molar-refractivity contribution in [3.63, 3.8) is 0 Å². The molecule has 0 aliphatic rings. The van der Waals surface area contributed by atoms with Crippen molar-refractivity contribution in [1.82, 2.24) is 20.3 Å². The lowest BCUT2D eigenvalue weighted by atomic mass is 10.3. The number of imidazole rings is 1. The average molecular weight is 363 g/mol. The van der Waals surface area contributed by atoms with Gasteiger partial charge in [-0.25, -0.2) is 9.97 Å². The topological polar surface area (TPSA) is 87.7 Å². The number of H-pyrrole nitrogens is 1. The monoisotopic (exact) mass is 362 g/mol. The first kappa shape index (κ1) is 16.6. The number of ketones is 1. The van der Waals surface area contributed by atoms with Gasteiger partial charge in [0, 0.05) is 24.9 Å². The number of carbonyl (C=O) groups is 2. The molecule has 2 heterocycles. The Kier molecular flexibility index (Phi) is 4.92. The van der Waals surface area contributed by atoms with E-state index in [2.05, 4.69) is 20.3 Å². The summed E-state index contributed by atoms with van der Waals surface area (Å²) < 4.78 is 0. The Morgan fingerprint density at radius 3 is 2.96 bits per heavy atom. The highest BCUT2D eigenvalue weighted by atomic mass is 35.5. The molecular formula is C16H15ClN4O2S. The number of hydrogen-bond acceptors (Lipinski definition) is 5. The van der Waals surface area contributed by atoms with Gasteiger partial charge >= 0.3 is 0 Å². The van der Waals surface area contributed by atoms with E-state index in [1.54, 1.807) is 6.07 Å². The van der Waals surface area contributed by atoms with Gasteiger partial charge in [-0.2, -0.15) is 0 Å². The molecule has 0 aliphatic carbocycles. The van der Waals surface area contributed by atoms with Crippen LogP contribution < -0.4 is 5.32 Å². The molecule has 0 atom stereocenters. The molecule has 3 rings (SSSR count). The summed E-state index contributed by atoms with van der Waals surface area (Å²) in [6, 6.07) is 5.51. The molecule has 0 spiro atoms. The molecule has 0 unspecified atom stereocenters. The third-order valence-electron chi connectivity index (χ3n) is 3.40. The highest BCUT2D eigenvalue weighted by Gasteiger charge is 2.12. The number of benzene rings is 1. The smallest absolute Gasteiger partial charge is 0.263 e. The van der Waals surface area contributed by atoms with E-state index in [1.165, 1.54) is 13.1 Å². The molecule has 1 amide bonds. The van der Waals surface area contributed by atoms with Crippen molar-refractivity contribution in [3.05, 3.63) is 45.1 Å². The van der Waals surface area contributed by atoms with Crippen LogP contribution in [-0.2, 0) is 6.42 Å². The van der Waals surface area contributed by atoms with E-state index in [1.807, 2.05) is 12.1 Å². The predicted octanol–water partition coefficient (Wildman–Crippen LogP) is 3.24. The van der Waals surface area contributed by atoms with Gasteiger partial charge in [0.25, 0.3) is 5.91 Å². The Morgan fingerprint density at radius 2 is 2.21 bits per heavy atom. The first-order chi connectivity index (χ1) is 11.5. The van der Waals surface area contributed by atoms with Crippen LogP contribution in [0, 0.1) is 0 Å². The number of carbonyl (C=O) groups excluding carboxylic acids is 2. The number of thiazole rings is 1. The van der Waals surface area contributed by atoms with Crippen molar-refractivity contribution in [2.24, 2.45) is 0 Å². The van der Waals surface area contributed by atoms with Gasteiger partial charge in [-0.3, -0.25) is 9.59 Å². The Labute approximate surface area is 147 Å². The van der Waals surface area contributed by atoms with Crippen LogP contribution in [0.15, 0.2) is 24.4 Å². The van der Waals surface area contributed by atoms with Gasteiger partial charge in [-0.1, -0.05) is 11.6 Å². The van der Waals surface area contributed by atoms with Crippen LogP contribution in [0.1, 0.15) is 38.6 Å². The largest absolute Gasteiger partial charge is 0.351 e. The fraction of sp³-hybridized carbons (Fsp3) is 0.250. The third kappa shape index (κ3) is 3.80. The third-order valence-corrected chi connectivity index (χ3v) is 4.73. The second-order valence-corrected chi connectivity index (χ2v) is 6.76. The van der Waals surface area contributed by atoms with E-state index in [4.69, 9.17) is 11.6 Å². The van der Waals surface area contributed by atoms with E-state index < -0.39 is 0 Å². The van der Waals surface area contributed by atoms with Gasteiger partial charge in [-0.05, 0) is 24.6 Å². The van der Waals surface area contributed by atoms with Crippen molar-refractivity contribution in [2.75, 3.05) is 6.54 Å². The maximum absolute atomic E-state index is 12.0. The second-order valence-electron chi connectivity index (χ2n) is 5.29. The number of aromatic amines is 1. The number of amides is 1. The molecule has 0 radical (unpaired) electrons. The molecule has 2 N–H and O–H groups in total. The number of hydrogen-bond donors (Lipinski definition) is 2. The summed E-state index contributed by atoms with van der Waals surface area (Å²) in [7, 11) is 0. The minimum Gasteiger partial charge on any atom is -0.351 e. The Balaban J connectivity index is 1.50. The molecule has 2 aromatic heterocycles. The minimum absolute atomic E-state index is 0.135. The van der Waals surface area contributed by atoms with Crippen molar-refractivity contribution in [3.8, 4) is 0 Å². The summed E-state index contributed by atoms with van der Waals surface area (Å²) in [5.74, 6) is 0.513. The van der Waals surface area contributed by atoms with Crippen molar-refractivity contribution < 1.29 is 9.59 Å². The van der Waals surface area contributed by atoms with Gasteiger partial charge in [0.1, 0.15) is 10.7 Å². The lowest BCUT2D eigenvalue weighted by Gasteiger charge is -2.01. The number of nitrogens with zero attached hydrogens (tertiary/aromatic N) is 2. The molecular weight excluding hydrogens is 348 g/mol. The molecule has 1 aromatic carbocycles. The number of rotatable bonds is 6. The summed E-state index contributed by atoms with van der Waals surface area (Å²) in [5.41, 5.74) is 1.78. The maximum atomic E-state index is 12.0. The second kappa shape index (κ2) is 7.11. The maximum Gasteiger partial charge on any atom is 0.263 e. The average Bonchev–Trinajstić information content (AvgIpc) is 3.17. The van der Waals surface area contributed by atoms with Crippen LogP contribution in [0.25, 0.3) is 11.0 Å². The van der Waals surface area contributed by atoms with Gasteiger partial charge < -0.3 is 10.3 Å². The van der Waals surface area contributed by atoms with E-state index in [0.717, 1.165) is 34.6 Å². The van der Waals surface area contributed by atoms with E-state index in [-0.39, 0.29) is 11.7 Å². The van der Waals surface area contributed by atoms with Gasteiger partial charge in [0.15, 0.2) is 10.8 Å². The fourth-order valence-electron chi connectivity index (χ4n) is 2.24. The van der Waals surface area contributed by atoms with Gasteiger partial charge in [0.2, 0.25) is 0 Å². The lowest BCUT2D eigenvalue weighted by molar-refractivity contribution is 0.0956. The van der Waals surface area contributed by atoms with Crippen molar-refractivity contribution >= 4 is 45.7 Å². The van der Waals surface area contributed by atoms with Crippen LogP contribution in [0.3, 0.4) is 0 Å². The van der Waals surface area contributed by atoms with E-state index in [9.17, 15) is 9.59 Å². The molecule has 0 fully saturated rings. The molecule has 6 nitrogen and oxygen atoms in total. The number of nitrogens with one attached hydrogen (secondary N) is 2. The highest BCUT2D eigenvalue weighted by Crippen LogP contribution is 2.17. The highest BCUT2D eigenvalue weighted by molar-refractivity contribution is 7.15. The number of Topliss-reactive ketones (excluding diaryl/α,β-unsaturated/α-hetero) is 1. The molecule has 8 heteroatoms. The van der Waals surface area contributed by atoms with E-state index >= 15 is 0 Å². The Hall–Kier alpha value is -2.25. The Bertz CT molecular complexity index is 903. The van der Waals surface area contributed by atoms with Crippen LogP contribution in [-0.4, -0.2) is 33.2 Å². The summed E-state index contributed by atoms with van der Waals surface area (Å²) >= 11 is 7.05. The van der Waals surface area contributed by atoms with Gasteiger partial charge in [0.05, 0.1) is 17.2 Å². The van der Waals surface area contributed by atoms with Crippen LogP contribution >= 0.6 is 22.9 Å². The normalized spacial score (nSPS) is 10.9. The zero-order valence-corrected chi connectivity index (χ0v) is 14.5. The number of aromatic nitrogens is 3. The van der Waals surface area contributed by atoms with Gasteiger partial charge in [-0.15, -0.1) is 11.3 Å². The summed E-state index contributed by atoms with van der Waals surface area (Å²) in [6.07, 6.45) is 2.89. The lowest BCUT2D eigenvalue weighted by Crippen LogP contribution is -2.24. The first-order valence-corrected chi connectivity index (χ1v) is 8.61. The molecule has 0 saturated heterocycles. The SMILES string of the molecule is CC(=O)c1ncc(C(=O)NCCCc2nc3ccc(Cl)cc3[nH]2)s1. The molecule has 0 bridgehead atoms. The first-order valence-electron chi connectivity index (χ1n) is 7.42. The van der Waals surface area contributed by atoms with Crippen molar-refractivity contribution in [2.45, 2.75) is 19.8 Å². The van der Waals surface area contributed by atoms with Crippen LogP contribution in [0.4, 0.5) is 0 Å². The quantitative estimate of drug-likeness (QED) is 0.520. The number of halogens is 1. The molecule has 0 saturated carbocycles. The summed E-state index contributed by atoms with van der Waals surface area (Å²) in [6.45, 7) is 1.95. The number of aryl methyl sites for hydroxylation is 1. The fourth-order valence-corrected chi connectivity index (χ4v) is 3.14. The van der Waals surface area contributed by atoms with Crippen LogP contribution in [0.5, 0.6) is 0 Å². The molecule has 124 valence electrons. The summed E-state index contributed by atoms with van der Waals surface area (Å²) in [5, 5.41) is 3.84. The zero-order chi connectivity index (χ0) is 17.1.